The summed E-state index contributed by atoms with van der Waals surface area (Å²) in [7, 11) is -3.82. The summed E-state index contributed by atoms with van der Waals surface area (Å²) < 4.78 is 37.5. The number of amides is 1. The standard InChI is InChI=1S/C24H21Cl2N3O6S/c1-2-34-22-12-16(8-11-21(22)35-24(31)19-10-9-17(25)13-20(19)26)14-27-29-23(30)15-28-36(32,33)18-6-4-3-5-7-18/h3-14,28H,2,15H2,1H3,(H,29,30)/b27-14-. The molecule has 0 bridgehead atoms. The molecule has 9 nitrogen and oxygen atoms in total. The van der Waals surface area contributed by atoms with Crippen LogP contribution in [0.2, 0.25) is 10.0 Å². The number of rotatable bonds is 10. The van der Waals surface area contributed by atoms with Gasteiger partial charge in [-0.3, -0.25) is 4.79 Å². The Balaban J connectivity index is 1.62. The molecule has 0 fully saturated rings. The van der Waals surface area contributed by atoms with Crippen molar-refractivity contribution in [2.45, 2.75) is 11.8 Å². The predicted octanol–water partition coefficient (Wildman–Crippen LogP) is 4.04. The number of hydrogen-bond donors (Lipinski definition) is 2. The Morgan fingerprint density at radius 2 is 1.75 bits per heavy atom. The van der Waals surface area contributed by atoms with Crippen molar-refractivity contribution in [3.05, 3.63) is 87.9 Å². The molecule has 2 N–H and O–H groups in total. The second-order valence-corrected chi connectivity index (χ2v) is 9.69. The van der Waals surface area contributed by atoms with Gasteiger partial charge in [0.1, 0.15) is 0 Å². The molecule has 0 aromatic heterocycles. The summed E-state index contributed by atoms with van der Waals surface area (Å²) in [5, 5.41) is 4.36. The zero-order valence-electron chi connectivity index (χ0n) is 18.9. The van der Waals surface area contributed by atoms with Gasteiger partial charge in [-0.15, -0.1) is 0 Å². The van der Waals surface area contributed by atoms with E-state index in [1.165, 1.54) is 42.6 Å². The molecule has 0 radical (unpaired) electrons. The Bertz CT molecular complexity index is 1380. The molecule has 3 rings (SSSR count). The fraction of sp³-hybridized carbons (Fsp3) is 0.125. The van der Waals surface area contributed by atoms with Gasteiger partial charge < -0.3 is 9.47 Å². The Kier molecular flexibility index (Phi) is 9.43. The van der Waals surface area contributed by atoms with E-state index >= 15 is 0 Å². The highest BCUT2D eigenvalue weighted by Gasteiger charge is 2.17. The van der Waals surface area contributed by atoms with Gasteiger partial charge in [0, 0.05) is 5.02 Å². The molecular weight excluding hydrogens is 529 g/mol. The first-order valence-corrected chi connectivity index (χ1v) is 12.7. The van der Waals surface area contributed by atoms with Crippen LogP contribution < -0.4 is 19.6 Å². The Morgan fingerprint density at radius 1 is 1.00 bits per heavy atom. The highest BCUT2D eigenvalue weighted by molar-refractivity contribution is 7.89. The summed E-state index contributed by atoms with van der Waals surface area (Å²) in [5.74, 6) is -0.934. The van der Waals surface area contributed by atoms with Crippen molar-refractivity contribution in [3.63, 3.8) is 0 Å². The van der Waals surface area contributed by atoms with Gasteiger partial charge in [-0.1, -0.05) is 41.4 Å². The van der Waals surface area contributed by atoms with Crippen molar-refractivity contribution >= 4 is 51.3 Å². The van der Waals surface area contributed by atoms with Gasteiger partial charge in [0.2, 0.25) is 10.0 Å². The van der Waals surface area contributed by atoms with Gasteiger partial charge >= 0.3 is 5.97 Å². The molecule has 0 saturated carbocycles. The summed E-state index contributed by atoms with van der Waals surface area (Å²) >= 11 is 11.9. The average molecular weight is 550 g/mol. The normalized spacial score (nSPS) is 11.3. The van der Waals surface area contributed by atoms with Gasteiger partial charge in [-0.2, -0.15) is 5.10 Å². The van der Waals surface area contributed by atoms with Crippen LogP contribution in [-0.2, 0) is 14.8 Å². The number of halogens is 2. The molecule has 0 spiro atoms. The third kappa shape index (κ3) is 7.53. The zero-order chi connectivity index (χ0) is 26.1. The van der Waals surface area contributed by atoms with Crippen molar-refractivity contribution in [3.8, 4) is 11.5 Å². The maximum Gasteiger partial charge on any atom is 0.345 e. The van der Waals surface area contributed by atoms with Crippen molar-refractivity contribution in [1.82, 2.24) is 10.1 Å². The van der Waals surface area contributed by atoms with Crippen molar-refractivity contribution < 1.29 is 27.5 Å². The third-order valence-corrected chi connectivity index (χ3v) is 6.47. The Hall–Kier alpha value is -3.44. The van der Waals surface area contributed by atoms with E-state index < -0.39 is 28.4 Å². The lowest BCUT2D eigenvalue weighted by Crippen LogP contribution is -2.34. The second-order valence-electron chi connectivity index (χ2n) is 7.08. The minimum absolute atomic E-state index is 0.0453. The molecule has 3 aromatic carbocycles. The SMILES string of the molecule is CCOc1cc(/C=N\NC(=O)CNS(=O)(=O)c2ccccc2)ccc1OC(=O)c1ccc(Cl)cc1Cl. The number of benzene rings is 3. The minimum atomic E-state index is -3.82. The fourth-order valence-corrected chi connectivity index (χ4v) is 4.32. The molecule has 0 aliphatic rings. The number of carbonyl (C=O) groups excluding carboxylic acids is 2. The van der Waals surface area contributed by atoms with Crippen LogP contribution in [0.15, 0.2) is 76.7 Å². The van der Waals surface area contributed by atoms with Gasteiger partial charge in [-0.25, -0.2) is 23.4 Å². The monoisotopic (exact) mass is 549 g/mol. The molecule has 0 aliphatic heterocycles. The van der Waals surface area contributed by atoms with Crippen LogP contribution in [0.25, 0.3) is 0 Å². The molecule has 188 valence electrons. The lowest BCUT2D eigenvalue weighted by atomic mass is 10.2. The largest absolute Gasteiger partial charge is 0.490 e. The van der Waals surface area contributed by atoms with E-state index in [0.29, 0.717) is 17.2 Å². The number of nitrogens with zero attached hydrogens (tertiary/aromatic N) is 1. The molecule has 0 atom stereocenters. The van der Waals surface area contributed by atoms with E-state index in [9.17, 15) is 18.0 Å². The van der Waals surface area contributed by atoms with Crippen LogP contribution in [0.1, 0.15) is 22.8 Å². The van der Waals surface area contributed by atoms with E-state index in [2.05, 4.69) is 15.2 Å². The van der Waals surface area contributed by atoms with Crippen LogP contribution in [-0.4, -0.2) is 39.7 Å². The number of carbonyl (C=O) groups is 2. The van der Waals surface area contributed by atoms with Crippen LogP contribution in [0.5, 0.6) is 11.5 Å². The Morgan fingerprint density at radius 3 is 2.44 bits per heavy atom. The van der Waals surface area contributed by atoms with Crippen molar-refractivity contribution in [2.24, 2.45) is 5.10 Å². The lowest BCUT2D eigenvalue weighted by Gasteiger charge is -2.12. The number of hydrazone groups is 1. The molecule has 12 heteroatoms. The Labute approximate surface area is 218 Å². The average Bonchev–Trinajstić information content (AvgIpc) is 2.85. The summed E-state index contributed by atoms with van der Waals surface area (Å²) in [6.45, 7) is 1.56. The predicted molar refractivity (Wildman–Crippen MR) is 136 cm³/mol. The molecular formula is C24H21Cl2N3O6S. The third-order valence-electron chi connectivity index (χ3n) is 4.50. The number of hydrogen-bond acceptors (Lipinski definition) is 7. The number of nitrogens with one attached hydrogen (secondary N) is 2. The van der Waals surface area contributed by atoms with Gasteiger partial charge in [0.05, 0.1) is 34.8 Å². The molecule has 36 heavy (non-hydrogen) atoms. The molecule has 0 aliphatic carbocycles. The van der Waals surface area contributed by atoms with Gasteiger partial charge in [-0.05, 0) is 61.0 Å². The fourth-order valence-electron chi connectivity index (χ4n) is 2.83. The maximum atomic E-state index is 12.5. The number of sulfonamides is 1. The van der Waals surface area contributed by atoms with Gasteiger partial charge in [0.15, 0.2) is 11.5 Å². The number of ether oxygens (including phenoxy) is 2. The van der Waals surface area contributed by atoms with Crippen LogP contribution >= 0.6 is 23.2 Å². The van der Waals surface area contributed by atoms with Crippen LogP contribution in [0.3, 0.4) is 0 Å². The van der Waals surface area contributed by atoms with Crippen LogP contribution in [0, 0.1) is 0 Å². The summed E-state index contributed by atoms with van der Waals surface area (Å²) in [4.78, 5) is 24.6. The first-order valence-electron chi connectivity index (χ1n) is 10.5. The maximum absolute atomic E-state index is 12.5. The molecule has 1 amide bonds. The topological polar surface area (TPSA) is 123 Å². The van der Waals surface area contributed by atoms with E-state index in [4.69, 9.17) is 32.7 Å². The molecule has 0 unspecified atom stereocenters. The highest BCUT2D eigenvalue weighted by Crippen LogP contribution is 2.30. The summed E-state index contributed by atoms with van der Waals surface area (Å²) in [5.41, 5.74) is 2.90. The van der Waals surface area contributed by atoms with E-state index in [1.54, 1.807) is 37.3 Å². The summed E-state index contributed by atoms with van der Waals surface area (Å²) in [6, 6.07) is 16.7. The smallest absolute Gasteiger partial charge is 0.345 e. The second kappa shape index (κ2) is 12.5. The summed E-state index contributed by atoms with van der Waals surface area (Å²) in [6.07, 6.45) is 1.33. The first kappa shape index (κ1) is 27.2. The zero-order valence-corrected chi connectivity index (χ0v) is 21.2. The van der Waals surface area contributed by atoms with Crippen molar-refractivity contribution in [1.29, 1.82) is 0 Å². The quantitative estimate of drug-likeness (QED) is 0.170. The first-order chi connectivity index (χ1) is 17.2. The number of esters is 1. The van der Waals surface area contributed by atoms with E-state index in [1.807, 2.05) is 0 Å². The molecule has 0 heterocycles. The lowest BCUT2D eigenvalue weighted by molar-refractivity contribution is -0.119. The minimum Gasteiger partial charge on any atom is -0.490 e. The van der Waals surface area contributed by atoms with E-state index in [-0.39, 0.29) is 27.0 Å². The van der Waals surface area contributed by atoms with Crippen molar-refractivity contribution in [2.75, 3.05) is 13.2 Å². The van der Waals surface area contributed by atoms with Crippen LogP contribution in [0.4, 0.5) is 0 Å². The highest BCUT2D eigenvalue weighted by atomic mass is 35.5. The molecule has 3 aromatic rings. The van der Waals surface area contributed by atoms with E-state index in [0.717, 1.165) is 0 Å². The molecule has 0 saturated heterocycles. The van der Waals surface area contributed by atoms with Gasteiger partial charge in [0.25, 0.3) is 5.91 Å².